The standard InChI is InChI=1S/C19H25ClN4O/c1-19(2,14-5-3-6-15(20)11-14)13-22-18(25)17-8-10-24(23-17)16-7-4-9-21-12-16/h3,5-6,8,10-11,16,21H,4,7,9,12-13H2,1-2H3,(H,22,25). The van der Waals surface area contributed by atoms with Crippen molar-refractivity contribution >= 4 is 17.5 Å². The van der Waals surface area contributed by atoms with Crippen molar-refractivity contribution in [3.8, 4) is 0 Å². The highest BCUT2D eigenvalue weighted by Gasteiger charge is 2.23. The van der Waals surface area contributed by atoms with E-state index in [9.17, 15) is 4.79 Å². The number of amides is 1. The van der Waals surface area contributed by atoms with Crippen LogP contribution in [0.15, 0.2) is 36.5 Å². The maximum atomic E-state index is 12.5. The Morgan fingerprint density at radius 2 is 2.28 bits per heavy atom. The zero-order valence-electron chi connectivity index (χ0n) is 14.8. The minimum Gasteiger partial charge on any atom is -0.350 e. The second-order valence-electron chi connectivity index (χ2n) is 7.26. The number of hydrogen-bond acceptors (Lipinski definition) is 3. The fraction of sp³-hybridized carbons (Fsp3) is 0.474. The number of carbonyl (C=O) groups excluding carboxylic acids is 1. The van der Waals surface area contributed by atoms with Crippen molar-refractivity contribution in [1.82, 2.24) is 20.4 Å². The van der Waals surface area contributed by atoms with E-state index in [1.165, 1.54) is 0 Å². The summed E-state index contributed by atoms with van der Waals surface area (Å²) in [6.45, 7) is 6.66. The lowest BCUT2D eigenvalue weighted by molar-refractivity contribution is 0.0939. The van der Waals surface area contributed by atoms with E-state index in [0.29, 0.717) is 23.3 Å². The van der Waals surface area contributed by atoms with Gasteiger partial charge in [0, 0.05) is 29.7 Å². The summed E-state index contributed by atoms with van der Waals surface area (Å²) in [5.41, 5.74) is 1.35. The highest BCUT2D eigenvalue weighted by atomic mass is 35.5. The predicted octanol–water partition coefficient (Wildman–Crippen LogP) is 3.17. The van der Waals surface area contributed by atoms with Crippen LogP contribution in [0.4, 0.5) is 0 Å². The number of benzene rings is 1. The quantitative estimate of drug-likeness (QED) is 0.861. The van der Waals surface area contributed by atoms with Gasteiger partial charge in [0.1, 0.15) is 5.69 Å². The van der Waals surface area contributed by atoms with Gasteiger partial charge in [-0.2, -0.15) is 5.10 Å². The van der Waals surface area contributed by atoms with E-state index in [2.05, 4.69) is 29.6 Å². The summed E-state index contributed by atoms with van der Waals surface area (Å²) in [5, 5.41) is 11.5. The molecular weight excluding hydrogens is 336 g/mol. The van der Waals surface area contributed by atoms with Crippen LogP contribution in [0, 0.1) is 0 Å². The first kappa shape index (κ1) is 18.0. The Labute approximate surface area is 153 Å². The third-order valence-corrected chi connectivity index (χ3v) is 5.02. The van der Waals surface area contributed by atoms with Gasteiger partial charge in [-0.1, -0.05) is 37.6 Å². The Bertz CT molecular complexity index is 735. The van der Waals surface area contributed by atoms with Crippen molar-refractivity contribution in [3.05, 3.63) is 52.8 Å². The second kappa shape index (κ2) is 7.58. The van der Waals surface area contributed by atoms with Gasteiger partial charge in [-0.3, -0.25) is 9.48 Å². The maximum absolute atomic E-state index is 12.5. The second-order valence-corrected chi connectivity index (χ2v) is 7.69. The van der Waals surface area contributed by atoms with Crippen molar-refractivity contribution in [2.75, 3.05) is 19.6 Å². The van der Waals surface area contributed by atoms with Gasteiger partial charge in [-0.15, -0.1) is 0 Å². The third kappa shape index (κ3) is 4.41. The Hall–Kier alpha value is -1.85. The Morgan fingerprint density at radius 1 is 1.44 bits per heavy atom. The fourth-order valence-corrected chi connectivity index (χ4v) is 3.32. The molecule has 1 aromatic heterocycles. The molecule has 1 atom stereocenters. The first-order valence-corrected chi connectivity index (χ1v) is 9.14. The molecule has 1 aromatic carbocycles. The maximum Gasteiger partial charge on any atom is 0.271 e. The average molecular weight is 361 g/mol. The molecule has 0 radical (unpaired) electrons. The van der Waals surface area contributed by atoms with Gasteiger partial charge >= 0.3 is 0 Å². The fourth-order valence-electron chi connectivity index (χ4n) is 3.13. The van der Waals surface area contributed by atoms with Crippen LogP contribution in [-0.4, -0.2) is 35.3 Å². The summed E-state index contributed by atoms with van der Waals surface area (Å²) in [5.74, 6) is -0.141. The van der Waals surface area contributed by atoms with Crippen LogP contribution in [0.25, 0.3) is 0 Å². The Balaban J connectivity index is 1.61. The number of nitrogens with one attached hydrogen (secondary N) is 2. The van der Waals surface area contributed by atoms with Crippen LogP contribution in [0.2, 0.25) is 5.02 Å². The average Bonchev–Trinajstić information content (AvgIpc) is 3.11. The zero-order chi connectivity index (χ0) is 17.9. The van der Waals surface area contributed by atoms with Crippen molar-refractivity contribution in [1.29, 1.82) is 0 Å². The van der Waals surface area contributed by atoms with E-state index in [4.69, 9.17) is 11.6 Å². The van der Waals surface area contributed by atoms with Crippen LogP contribution >= 0.6 is 11.6 Å². The smallest absolute Gasteiger partial charge is 0.271 e. The summed E-state index contributed by atoms with van der Waals surface area (Å²) >= 11 is 6.08. The minimum absolute atomic E-state index is 0.141. The van der Waals surface area contributed by atoms with E-state index in [-0.39, 0.29) is 11.3 Å². The van der Waals surface area contributed by atoms with E-state index in [0.717, 1.165) is 31.5 Å². The van der Waals surface area contributed by atoms with E-state index in [1.807, 2.05) is 35.1 Å². The number of piperidine rings is 1. The summed E-state index contributed by atoms with van der Waals surface area (Å²) < 4.78 is 1.91. The summed E-state index contributed by atoms with van der Waals surface area (Å²) in [7, 11) is 0. The molecule has 1 fully saturated rings. The van der Waals surface area contributed by atoms with Gasteiger partial charge < -0.3 is 10.6 Å². The van der Waals surface area contributed by atoms with Crippen molar-refractivity contribution in [3.63, 3.8) is 0 Å². The molecule has 5 nitrogen and oxygen atoms in total. The summed E-state index contributed by atoms with van der Waals surface area (Å²) in [6.07, 6.45) is 4.13. The molecule has 0 aliphatic carbocycles. The van der Waals surface area contributed by atoms with E-state index < -0.39 is 0 Å². The molecule has 134 valence electrons. The molecule has 1 amide bonds. The zero-order valence-corrected chi connectivity index (χ0v) is 15.5. The lowest BCUT2D eigenvalue weighted by atomic mass is 9.84. The molecule has 3 rings (SSSR count). The summed E-state index contributed by atoms with van der Waals surface area (Å²) in [6, 6.07) is 9.88. The molecule has 2 heterocycles. The molecule has 2 aromatic rings. The van der Waals surface area contributed by atoms with Crippen LogP contribution in [0.1, 0.15) is 48.8 Å². The molecular formula is C19H25ClN4O. The number of hydrogen-bond donors (Lipinski definition) is 2. The first-order chi connectivity index (χ1) is 12.0. The number of halogens is 1. The Kier molecular flexibility index (Phi) is 5.45. The van der Waals surface area contributed by atoms with Gasteiger partial charge in [0.2, 0.25) is 0 Å². The molecule has 0 bridgehead atoms. The molecule has 1 aliphatic rings. The molecule has 0 spiro atoms. The van der Waals surface area contributed by atoms with Gasteiger partial charge in [0.05, 0.1) is 6.04 Å². The van der Waals surface area contributed by atoms with Gasteiger partial charge in [-0.25, -0.2) is 0 Å². The summed E-state index contributed by atoms with van der Waals surface area (Å²) in [4.78, 5) is 12.5. The molecule has 25 heavy (non-hydrogen) atoms. The predicted molar refractivity (Wildman–Crippen MR) is 100 cm³/mol. The number of rotatable bonds is 5. The number of nitrogens with zero attached hydrogens (tertiary/aromatic N) is 2. The lowest BCUT2D eigenvalue weighted by Crippen LogP contribution is -2.37. The third-order valence-electron chi connectivity index (χ3n) is 4.78. The van der Waals surface area contributed by atoms with Crippen molar-refractivity contribution in [2.45, 2.75) is 38.1 Å². The van der Waals surface area contributed by atoms with Crippen LogP contribution in [-0.2, 0) is 5.41 Å². The minimum atomic E-state index is -0.212. The lowest BCUT2D eigenvalue weighted by Gasteiger charge is -2.25. The normalized spacial score (nSPS) is 18.1. The van der Waals surface area contributed by atoms with Gasteiger partial charge in [-0.05, 0) is 43.1 Å². The number of carbonyl (C=O) groups is 1. The monoisotopic (exact) mass is 360 g/mol. The van der Waals surface area contributed by atoms with Crippen LogP contribution < -0.4 is 10.6 Å². The molecule has 0 saturated carbocycles. The molecule has 6 heteroatoms. The molecule has 2 N–H and O–H groups in total. The van der Waals surface area contributed by atoms with Gasteiger partial charge in [0.15, 0.2) is 0 Å². The first-order valence-electron chi connectivity index (χ1n) is 8.76. The van der Waals surface area contributed by atoms with E-state index >= 15 is 0 Å². The van der Waals surface area contributed by atoms with Crippen LogP contribution in [0.3, 0.4) is 0 Å². The van der Waals surface area contributed by atoms with Gasteiger partial charge in [0.25, 0.3) is 5.91 Å². The van der Waals surface area contributed by atoms with E-state index in [1.54, 1.807) is 6.07 Å². The Morgan fingerprint density at radius 3 is 3.00 bits per heavy atom. The van der Waals surface area contributed by atoms with Crippen molar-refractivity contribution < 1.29 is 4.79 Å². The largest absolute Gasteiger partial charge is 0.350 e. The topological polar surface area (TPSA) is 59.0 Å². The highest BCUT2D eigenvalue weighted by Crippen LogP contribution is 2.25. The van der Waals surface area contributed by atoms with Crippen LogP contribution in [0.5, 0.6) is 0 Å². The van der Waals surface area contributed by atoms with Crippen molar-refractivity contribution in [2.24, 2.45) is 0 Å². The molecule has 1 aliphatic heterocycles. The molecule has 1 unspecified atom stereocenters. The SMILES string of the molecule is CC(C)(CNC(=O)c1ccn(C2CCCNC2)n1)c1cccc(Cl)c1. The number of aromatic nitrogens is 2. The highest BCUT2D eigenvalue weighted by molar-refractivity contribution is 6.30. The molecule has 1 saturated heterocycles.